The third-order valence-electron chi connectivity index (χ3n) is 4.13. The Morgan fingerprint density at radius 1 is 1.38 bits per heavy atom. The number of allylic oxidation sites excluding steroid dienone is 3. The summed E-state index contributed by atoms with van der Waals surface area (Å²) >= 11 is 0. The van der Waals surface area contributed by atoms with Crippen molar-refractivity contribution in [1.29, 1.82) is 0 Å². The molecule has 1 saturated heterocycles. The van der Waals surface area contributed by atoms with Crippen LogP contribution < -0.4 is 5.32 Å². The van der Waals surface area contributed by atoms with Gasteiger partial charge in [0.1, 0.15) is 0 Å². The van der Waals surface area contributed by atoms with Crippen LogP contribution in [-0.2, 0) is 9.59 Å². The number of hydrogen-bond donors (Lipinski definition) is 1. The first kappa shape index (κ1) is 9.82. The molecule has 0 bridgehead atoms. The predicted octanol–water partition coefficient (Wildman–Crippen LogP) is 1.56. The first-order chi connectivity index (χ1) is 7.68. The number of imide groups is 1. The van der Waals surface area contributed by atoms with E-state index in [1.165, 1.54) is 5.57 Å². The van der Waals surface area contributed by atoms with Gasteiger partial charge in [0.25, 0.3) is 5.91 Å². The lowest BCUT2D eigenvalue weighted by Crippen LogP contribution is -2.51. The van der Waals surface area contributed by atoms with Crippen LogP contribution in [0.15, 0.2) is 23.3 Å². The van der Waals surface area contributed by atoms with Gasteiger partial charge in [-0.1, -0.05) is 17.7 Å². The second-order valence-corrected chi connectivity index (χ2v) is 5.01. The second kappa shape index (κ2) is 3.30. The van der Waals surface area contributed by atoms with Crippen molar-refractivity contribution in [2.24, 2.45) is 17.8 Å². The summed E-state index contributed by atoms with van der Waals surface area (Å²) in [7, 11) is 0. The second-order valence-electron chi connectivity index (χ2n) is 5.01. The van der Waals surface area contributed by atoms with Crippen LogP contribution in [-0.4, -0.2) is 11.8 Å². The first-order valence-corrected chi connectivity index (χ1v) is 5.90. The van der Waals surface area contributed by atoms with Gasteiger partial charge in [-0.15, -0.1) is 0 Å². The molecule has 0 radical (unpaired) electrons. The third-order valence-corrected chi connectivity index (χ3v) is 4.13. The Hall–Kier alpha value is -1.38. The smallest absolute Gasteiger partial charge is 0.254 e. The molecule has 0 aromatic carbocycles. The summed E-state index contributed by atoms with van der Waals surface area (Å²) in [4.78, 5) is 23.7. The van der Waals surface area contributed by atoms with Gasteiger partial charge in [0, 0.05) is 17.4 Å². The minimum absolute atomic E-state index is 0.0158. The maximum atomic E-state index is 11.9. The normalized spacial score (nSPS) is 37.2. The van der Waals surface area contributed by atoms with Crippen LogP contribution in [0.5, 0.6) is 0 Å². The number of nitrogens with one attached hydrogen (secondary N) is 1. The first-order valence-electron chi connectivity index (χ1n) is 5.90. The van der Waals surface area contributed by atoms with E-state index >= 15 is 0 Å². The standard InChI is InChI=1S/C13H15NO2/c1-7-5-6-8-3-2-4-9-11(8)10(7)13(16)14-12(9)15/h2-3,8-9,11H,4-6H2,1H3,(H,14,15,16). The van der Waals surface area contributed by atoms with Crippen molar-refractivity contribution in [2.75, 3.05) is 0 Å². The Bertz CT molecular complexity index is 433. The topological polar surface area (TPSA) is 46.2 Å². The molecule has 16 heavy (non-hydrogen) atoms. The molecular weight excluding hydrogens is 202 g/mol. The molecule has 3 rings (SSSR count). The lowest BCUT2D eigenvalue weighted by atomic mass is 9.64. The van der Waals surface area contributed by atoms with Gasteiger partial charge in [-0.25, -0.2) is 0 Å². The molecule has 2 aliphatic carbocycles. The maximum absolute atomic E-state index is 11.9. The highest BCUT2D eigenvalue weighted by Gasteiger charge is 2.46. The monoisotopic (exact) mass is 217 g/mol. The van der Waals surface area contributed by atoms with Crippen LogP contribution in [0, 0.1) is 17.8 Å². The molecule has 1 heterocycles. The van der Waals surface area contributed by atoms with Crippen LogP contribution in [0.1, 0.15) is 26.2 Å². The number of amides is 2. The Morgan fingerprint density at radius 3 is 3.00 bits per heavy atom. The zero-order valence-corrected chi connectivity index (χ0v) is 9.32. The largest absolute Gasteiger partial charge is 0.292 e. The van der Waals surface area contributed by atoms with Crippen molar-refractivity contribution < 1.29 is 9.59 Å². The lowest BCUT2D eigenvalue weighted by molar-refractivity contribution is -0.136. The fraction of sp³-hybridized carbons (Fsp3) is 0.538. The molecule has 3 heteroatoms. The van der Waals surface area contributed by atoms with E-state index < -0.39 is 0 Å². The van der Waals surface area contributed by atoms with Crippen molar-refractivity contribution in [3.8, 4) is 0 Å². The number of piperidine rings is 1. The summed E-state index contributed by atoms with van der Waals surface area (Å²) in [6, 6.07) is 0. The summed E-state index contributed by atoms with van der Waals surface area (Å²) in [5.74, 6) is 0.303. The minimum atomic E-state index is -0.149. The Balaban J connectivity index is 2.12. The van der Waals surface area contributed by atoms with Crippen molar-refractivity contribution in [3.05, 3.63) is 23.3 Å². The van der Waals surface area contributed by atoms with Crippen molar-refractivity contribution in [3.63, 3.8) is 0 Å². The Morgan fingerprint density at radius 2 is 2.19 bits per heavy atom. The average Bonchev–Trinajstić information content (AvgIpc) is 2.26. The summed E-state index contributed by atoms with van der Waals surface area (Å²) in [6.07, 6.45) is 7.12. The lowest BCUT2D eigenvalue weighted by Gasteiger charge is -2.42. The molecular formula is C13H15NO2. The van der Waals surface area contributed by atoms with Gasteiger partial charge in [-0.3, -0.25) is 14.9 Å². The maximum Gasteiger partial charge on any atom is 0.254 e. The van der Waals surface area contributed by atoms with Crippen LogP contribution in [0.3, 0.4) is 0 Å². The SMILES string of the molecule is CC1=C2C(=O)NC(=O)C3CC=CC(CC1)C23. The van der Waals surface area contributed by atoms with E-state index in [1.54, 1.807) is 0 Å². The molecule has 84 valence electrons. The van der Waals surface area contributed by atoms with E-state index in [9.17, 15) is 9.59 Å². The van der Waals surface area contributed by atoms with E-state index in [2.05, 4.69) is 17.5 Å². The molecule has 3 aliphatic rings. The minimum Gasteiger partial charge on any atom is -0.292 e. The molecule has 3 atom stereocenters. The van der Waals surface area contributed by atoms with E-state index in [1.807, 2.05) is 6.92 Å². The van der Waals surface area contributed by atoms with Gasteiger partial charge in [-0.2, -0.15) is 0 Å². The highest BCUT2D eigenvalue weighted by atomic mass is 16.2. The molecule has 3 nitrogen and oxygen atoms in total. The van der Waals surface area contributed by atoms with E-state index in [0.717, 1.165) is 24.8 Å². The van der Waals surface area contributed by atoms with Crippen molar-refractivity contribution in [1.82, 2.24) is 5.32 Å². The summed E-state index contributed by atoms with van der Waals surface area (Å²) in [5.41, 5.74) is 2.07. The van der Waals surface area contributed by atoms with Gasteiger partial charge in [-0.05, 0) is 32.1 Å². The number of carbonyl (C=O) groups excluding carboxylic acids is 2. The van der Waals surface area contributed by atoms with E-state index in [0.29, 0.717) is 5.92 Å². The van der Waals surface area contributed by atoms with Crippen LogP contribution in [0.4, 0.5) is 0 Å². The van der Waals surface area contributed by atoms with Crippen LogP contribution in [0.2, 0.25) is 0 Å². The molecule has 1 N–H and O–H groups in total. The number of hydrogen-bond acceptors (Lipinski definition) is 2. The molecule has 0 saturated carbocycles. The van der Waals surface area contributed by atoms with Gasteiger partial charge in [0.15, 0.2) is 0 Å². The number of carbonyl (C=O) groups is 2. The molecule has 0 aromatic heterocycles. The molecule has 3 unspecified atom stereocenters. The fourth-order valence-corrected chi connectivity index (χ4v) is 3.35. The summed E-state index contributed by atoms with van der Waals surface area (Å²) < 4.78 is 0. The number of rotatable bonds is 0. The van der Waals surface area contributed by atoms with Crippen molar-refractivity contribution >= 4 is 11.8 Å². The summed E-state index contributed by atoms with van der Waals surface area (Å²) in [5, 5.41) is 2.49. The Kier molecular flexibility index (Phi) is 2.03. The van der Waals surface area contributed by atoms with Crippen LogP contribution >= 0.6 is 0 Å². The van der Waals surface area contributed by atoms with E-state index in [4.69, 9.17) is 0 Å². The third kappa shape index (κ3) is 1.20. The van der Waals surface area contributed by atoms with Crippen molar-refractivity contribution in [2.45, 2.75) is 26.2 Å². The molecule has 1 aliphatic heterocycles. The van der Waals surface area contributed by atoms with Gasteiger partial charge in [0.05, 0.1) is 0 Å². The fourth-order valence-electron chi connectivity index (χ4n) is 3.35. The van der Waals surface area contributed by atoms with Gasteiger partial charge >= 0.3 is 0 Å². The van der Waals surface area contributed by atoms with Gasteiger partial charge < -0.3 is 0 Å². The quantitative estimate of drug-likeness (QED) is 0.494. The van der Waals surface area contributed by atoms with Gasteiger partial charge in [0.2, 0.25) is 5.91 Å². The summed E-state index contributed by atoms with van der Waals surface area (Å²) in [6.45, 7) is 2.02. The zero-order valence-electron chi connectivity index (χ0n) is 9.32. The highest BCUT2D eigenvalue weighted by molar-refractivity contribution is 6.09. The zero-order chi connectivity index (χ0) is 11.3. The molecule has 0 aromatic rings. The Labute approximate surface area is 94.6 Å². The highest BCUT2D eigenvalue weighted by Crippen LogP contribution is 2.45. The van der Waals surface area contributed by atoms with Crippen LogP contribution in [0.25, 0.3) is 0 Å². The molecule has 0 spiro atoms. The average molecular weight is 217 g/mol. The predicted molar refractivity (Wildman–Crippen MR) is 59.3 cm³/mol. The van der Waals surface area contributed by atoms with E-state index in [-0.39, 0.29) is 23.7 Å². The molecule has 2 amide bonds. The molecule has 1 fully saturated rings.